The number of halogens is 2. The van der Waals surface area contributed by atoms with Crippen LogP contribution in [-0.2, 0) is 4.74 Å². The van der Waals surface area contributed by atoms with Gasteiger partial charge in [-0.1, -0.05) is 0 Å². The van der Waals surface area contributed by atoms with E-state index >= 15 is 8.78 Å². The van der Waals surface area contributed by atoms with Crippen LogP contribution in [0.3, 0.4) is 0 Å². The molecule has 7 rings (SSSR count). The Balaban J connectivity index is 1.38. The van der Waals surface area contributed by atoms with Crippen LogP contribution in [0.4, 0.5) is 19.4 Å². The number of benzene rings is 2. The van der Waals surface area contributed by atoms with Crippen LogP contribution in [0.25, 0.3) is 33.1 Å². The number of fused-ring (bicyclic) bond motifs is 3. The predicted octanol–water partition coefficient (Wildman–Crippen LogP) is 4.18. The van der Waals surface area contributed by atoms with Crippen LogP contribution in [0, 0.1) is 11.6 Å². The first-order valence-electron chi connectivity index (χ1n) is 12.6. The summed E-state index contributed by atoms with van der Waals surface area (Å²) >= 11 is 0. The van der Waals surface area contributed by atoms with E-state index in [0.29, 0.717) is 41.1 Å². The third-order valence-electron chi connectivity index (χ3n) is 7.68. The second-order valence-electron chi connectivity index (χ2n) is 9.81. The number of hydrogen-bond acceptors (Lipinski definition) is 7. The van der Waals surface area contributed by atoms with Crippen LogP contribution >= 0.6 is 0 Å². The molecule has 5 heterocycles. The topological polar surface area (TPSA) is 106 Å². The van der Waals surface area contributed by atoms with Gasteiger partial charge in [0, 0.05) is 37.4 Å². The van der Waals surface area contributed by atoms with Crippen molar-refractivity contribution in [1.82, 2.24) is 24.4 Å². The lowest BCUT2D eigenvalue weighted by Crippen LogP contribution is -2.56. The molecule has 10 nitrogen and oxygen atoms in total. The molecule has 0 aliphatic carbocycles. The van der Waals surface area contributed by atoms with E-state index in [1.54, 1.807) is 12.4 Å². The van der Waals surface area contributed by atoms with Gasteiger partial charge in [0.15, 0.2) is 5.82 Å². The van der Waals surface area contributed by atoms with E-state index in [0.717, 1.165) is 19.3 Å². The smallest absolute Gasteiger partial charge is 0.407 e. The average molecular weight is 523 g/mol. The maximum absolute atomic E-state index is 16.2. The van der Waals surface area contributed by atoms with Crippen molar-refractivity contribution < 1.29 is 28.2 Å². The van der Waals surface area contributed by atoms with E-state index in [9.17, 15) is 9.90 Å². The van der Waals surface area contributed by atoms with E-state index < -0.39 is 17.7 Å². The second kappa shape index (κ2) is 8.76. The molecule has 0 saturated carbocycles. The molecule has 4 aromatic rings. The van der Waals surface area contributed by atoms with Crippen molar-refractivity contribution in [3.05, 3.63) is 42.5 Å². The largest absolute Gasteiger partial charge is 0.490 e. The summed E-state index contributed by atoms with van der Waals surface area (Å²) in [6.07, 6.45) is 4.49. The van der Waals surface area contributed by atoms with Gasteiger partial charge < -0.3 is 28.9 Å². The SMILES string of the molecule is O=C(O)N1CCN2c3ncnc4c(F)c(-c5c(F)ccc6c5ncn6C5CCCCO5)cc(c34)OC[C@@H]2C1. The fourth-order valence-electron chi connectivity index (χ4n) is 5.82. The molecule has 0 radical (unpaired) electrons. The van der Waals surface area contributed by atoms with E-state index in [1.165, 1.54) is 23.4 Å². The summed E-state index contributed by atoms with van der Waals surface area (Å²) in [7, 11) is 0. The Labute approximate surface area is 215 Å². The van der Waals surface area contributed by atoms with Crippen molar-refractivity contribution in [2.45, 2.75) is 31.5 Å². The number of aromatic nitrogens is 4. The molecule has 0 bridgehead atoms. The maximum atomic E-state index is 16.2. The molecule has 2 saturated heterocycles. The van der Waals surface area contributed by atoms with Crippen molar-refractivity contribution in [3.63, 3.8) is 0 Å². The molecule has 1 unspecified atom stereocenters. The fourth-order valence-corrected chi connectivity index (χ4v) is 5.82. The molecule has 3 aliphatic rings. The summed E-state index contributed by atoms with van der Waals surface area (Å²) in [6.45, 7) is 1.68. The lowest BCUT2D eigenvalue weighted by Gasteiger charge is -2.39. The number of amides is 1. The number of imidazole rings is 1. The van der Waals surface area contributed by atoms with E-state index in [4.69, 9.17) is 9.47 Å². The number of hydrogen-bond donors (Lipinski definition) is 1. The highest BCUT2D eigenvalue weighted by molar-refractivity contribution is 6.02. The van der Waals surface area contributed by atoms with Crippen LogP contribution in [0.1, 0.15) is 25.5 Å². The summed E-state index contributed by atoms with van der Waals surface area (Å²) in [6, 6.07) is 4.11. The van der Waals surface area contributed by atoms with Crippen LogP contribution in [0.2, 0.25) is 0 Å². The minimum Gasteiger partial charge on any atom is -0.490 e. The highest BCUT2D eigenvalue weighted by Crippen LogP contribution is 2.43. The van der Waals surface area contributed by atoms with E-state index in [1.807, 2.05) is 9.47 Å². The fraction of sp³-hybridized carbons (Fsp3) is 0.385. The van der Waals surface area contributed by atoms with Crippen LogP contribution in [-0.4, -0.2) is 74.5 Å². The molecule has 38 heavy (non-hydrogen) atoms. The summed E-state index contributed by atoms with van der Waals surface area (Å²) in [5, 5.41) is 9.84. The number of nitrogens with zero attached hydrogens (tertiary/aromatic N) is 6. The third kappa shape index (κ3) is 3.46. The molecule has 2 aromatic heterocycles. The van der Waals surface area contributed by atoms with Crippen LogP contribution in [0.15, 0.2) is 30.9 Å². The maximum Gasteiger partial charge on any atom is 0.407 e. The van der Waals surface area contributed by atoms with Crippen molar-refractivity contribution in [1.29, 1.82) is 0 Å². The molecule has 2 atom stereocenters. The Morgan fingerprint density at radius 3 is 2.82 bits per heavy atom. The van der Waals surface area contributed by atoms with Crippen molar-refractivity contribution in [3.8, 4) is 16.9 Å². The average Bonchev–Trinajstić information content (AvgIpc) is 3.30. The van der Waals surface area contributed by atoms with Gasteiger partial charge in [0.05, 0.1) is 28.8 Å². The van der Waals surface area contributed by atoms with Gasteiger partial charge in [0.2, 0.25) is 0 Å². The summed E-state index contributed by atoms with van der Waals surface area (Å²) in [5.74, 6) is -0.529. The van der Waals surface area contributed by atoms with Crippen LogP contribution in [0.5, 0.6) is 5.75 Å². The molecule has 2 fully saturated rings. The number of anilines is 1. The zero-order valence-corrected chi connectivity index (χ0v) is 20.3. The first kappa shape index (κ1) is 23.1. The minimum absolute atomic E-state index is 0.00950. The van der Waals surface area contributed by atoms with Gasteiger partial charge in [0.1, 0.15) is 42.1 Å². The minimum atomic E-state index is -1.01. The predicted molar refractivity (Wildman–Crippen MR) is 133 cm³/mol. The normalized spacial score (nSPS) is 21.3. The summed E-state index contributed by atoms with van der Waals surface area (Å²) in [4.78, 5) is 27.9. The van der Waals surface area contributed by atoms with Gasteiger partial charge in [-0.3, -0.25) is 0 Å². The Morgan fingerprint density at radius 2 is 2.00 bits per heavy atom. The van der Waals surface area contributed by atoms with Gasteiger partial charge in [-0.05, 0) is 37.5 Å². The molecular weight excluding hydrogens is 498 g/mol. The van der Waals surface area contributed by atoms with E-state index in [2.05, 4.69) is 15.0 Å². The molecule has 0 spiro atoms. The Kier molecular flexibility index (Phi) is 5.32. The third-order valence-corrected chi connectivity index (χ3v) is 7.68. The molecular formula is C26H24F2N6O4. The molecule has 196 valence electrons. The van der Waals surface area contributed by atoms with E-state index in [-0.39, 0.29) is 48.6 Å². The number of piperazine rings is 1. The number of ether oxygens (including phenoxy) is 2. The Bertz CT molecular complexity index is 1590. The summed E-state index contributed by atoms with van der Waals surface area (Å²) < 4.78 is 45.5. The van der Waals surface area contributed by atoms with Gasteiger partial charge >= 0.3 is 6.09 Å². The number of rotatable bonds is 2. The molecule has 12 heteroatoms. The second-order valence-corrected chi connectivity index (χ2v) is 9.81. The van der Waals surface area contributed by atoms with Gasteiger partial charge in [-0.25, -0.2) is 28.5 Å². The number of carbonyl (C=O) groups is 1. The Hall–Kier alpha value is -4.06. The monoisotopic (exact) mass is 522 g/mol. The molecule has 2 aromatic carbocycles. The lowest BCUT2D eigenvalue weighted by atomic mass is 9.99. The number of carboxylic acid groups (broad SMARTS) is 1. The van der Waals surface area contributed by atoms with Crippen molar-refractivity contribution in [2.75, 3.05) is 37.7 Å². The lowest BCUT2D eigenvalue weighted by molar-refractivity contribution is -0.0295. The van der Waals surface area contributed by atoms with Gasteiger partial charge in [-0.2, -0.15) is 0 Å². The quantitative estimate of drug-likeness (QED) is 0.418. The first-order chi connectivity index (χ1) is 18.5. The highest BCUT2D eigenvalue weighted by Gasteiger charge is 2.36. The van der Waals surface area contributed by atoms with Gasteiger partial charge in [-0.15, -0.1) is 0 Å². The zero-order valence-electron chi connectivity index (χ0n) is 20.3. The summed E-state index contributed by atoms with van der Waals surface area (Å²) in [5.41, 5.74) is 0.990. The highest BCUT2D eigenvalue weighted by atomic mass is 19.1. The van der Waals surface area contributed by atoms with Gasteiger partial charge in [0.25, 0.3) is 0 Å². The molecule has 3 aliphatic heterocycles. The Morgan fingerprint density at radius 1 is 1.11 bits per heavy atom. The first-order valence-corrected chi connectivity index (χ1v) is 12.6. The standard InChI is InChI=1S/C26H24F2N6O4/c27-16-4-5-17-23(31-13-34(17)19-3-1-2-8-37-19)20(16)15-9-18-21-24(22(15)28)29-12-30-25(21)33-7-6-32(26(35)36)10-14(33)11-38-18/h4-5,9,12-14,19H,1-3,6-8,10-11H2,(H,35,36)/t14-,19?/m0/s1. The van der Waals surface area contributed by atoms with Crippen molar-refractivity contribution >= 4 is 33.8 Å². The molecule has 1 N–H and O–H groups in total. The molecule has 1 amide bonds. The van der Waals surface area contributed by atoms with Crippen LogP contribution < -0.4 is 9.64 Å². The zero-order chi connectivity index (χ0) is 26.0. The van der Waals surface area contributed by atoms with Crippen molar-refractivity contribution in [2.24, 2.45) is 0 Å².